The number of hydrogen-bond acceptors (Lipinski definition) is 3. The van der Waals surface area contributed by atoms with Crippen LogP contribution in [0, 0.1) is 0 Å². The Kier molecular flexibility index (Phi) is 5.95. The molecule has 0 amide bonds. The minimum absolute atomic E-state index is 0.0401. The quantitative estimate of drug-likeness (QED) is 0.589. The number of aliphatic imine (C=N–C) groups is 1. The molecule has 17 heavy (non-hydrogen) atoms. The molecule has 0 rings (SSSR count). The topological polar surface area (TPSA) is 75.8 Å². The molecule has 0 aromatic rings. The summed E-state index contributed by atoms with van der Waals surface area (Å²) in [5, 5.41) is 0. The maximum atomic E-state index is 11.8. The average Bonchev–Trinajstić information content (AvgIpc) is 2.17. The van der Waals surface area contributed by atoms with Gasteiger partial charge >= 0.3 is 0 Å². The molecule has 0 fully saturated rings. The van der Waals surface area contributed by atoms with Crippen LogP contribution < -0.4 is 5.73 Å². The molecular weight excluding hydrogens is 238 g/mol. The van der Waals surface area contributed by atoms with E-state index in [9.17, 15) is 8.42 Å². The van der Waals surface area contributed by atoms with E-state index in [2.05, 4.69) is 4.99 Å². The van der Waals surface area contributed by atoms with E-state index in [1.165, 1.54) is 0 Å². The third kappa shape index (κ3) is 4.93. The van der Waals surface area contributed by atoms with Crippen molar-refractivity contribution in [1.29, 1.82) is 0 Å². The summed E-state index contributed by atoms with van der Waals surface area (Å²) in [5.41, 5.74) is 5.76. The molecule has 102 valence electrons. The van der Waals surface area contributed by atoms with Gasteiger partial charge in [0.2, 0.25) is 0 Å². The van der Waals surface area contributed by atoms with Gasteiger partial charge in [-0.15, -0.1) is 0 Å². The predicted octanol–water partition coefficient (Wildman–Crippen LogP) is 0.856. The molecule has 6 heteroatoms. The van der Waals surface area contributed by atoms with Crippen molar-refractivity contribution in [3.8, 4) is 0 Å². The van der Waals surface area contributed by atoms with Gasteiger partial charge in [-0.2, -0.15) is 0 Å². The Balaban J connectivity index is 4.47. The minimum atomic E-state index is -3.11. The third-order valence-corrected chi connectivity index (χ3v) is 5.24. The van der Waals surface area contributed by atoms with Crippen molar-refractivity contribution in [2.75, 3.05) is 25.4 Å². The van der Waals surface area contributed by atoms with Crippen LogP contribution >= 0.6 is 0 Å². The van der Waals surface area contributed by atoms with Gasteiger partial charge in [0.25, 0.3) is 0 Å². The van der Waals surface area contributed by atoms with Gasteiger partial charge in [-0.25, -0.2) is 8.42 Å². The SMILES string of the molecule is CCN(CC)C(N)=NCCS(=O)(=O)C(C)(C)C. The van der Waals surface area contributed by atoms with Crippen molar-refractivity contribution in [1.82, 2.24) is 4.90 Å². The second-order valence-electron chi connectivity index (χ2n) is 4.84. The fraction of sp³-hybridized carbons (Fsp3) is 0.909. The monoisotopic (exact) mass is 263 g/mol. The average molecular weight is 263 g/mol. The number of guanidine groups is 1. The van der Waals surface area contributed by atoms with Crippen LogP contribution in [0.15, 0.2) is 4.99 Å². The molecule has 0 aliphatic carbocycles. The molecule has 0 radical (unpaired) electrons. The van der Waals surface area contributed by atoms with Gasteiger partial charge in [0.05, 0.1) is 17.0 Å². The maximum absolute atomic E-state index is 11.8. The summed E-state index contributed by atoms with van der Waals surface area (Å²) >= 11 is 0. The molecule has 0 aromatic heterocycles. The number of nitrogens with two attached hydrogens (primary N) is 1. The summed E-state index contributed by atoms with van der Waals surface area (Å²) in [6, 6.07) is 0. The molecule has 2 N–H and O–H groups in total. The third-order valence-electron chi connectivity index (χ3n) is 2.65. The zero-order valence-corrected chi connectivity index (χ0v) is 12.3. The van der Waals surface area contributed by atoms with Crippen molar-refractivity contribution < 1.29 is 8.42 Å². The molecule has 0 aliphatic heterocycles. The summed E-state index contributed by atoms with van der Waals surface area (Å²) < 4.78 is 22.9. The summed E-state index contributed by atoms with van der Waals surface area (Å²) in [7, 11) is -3.11. The van der Waals surface area contributed by atoms with Crippen LogP contribution in [0.2, 0.25) is 0 Å². The van der Waals surface area contributed by atoms with E-state index in [4.69, 9.17) is 5.73 Å². The minimum Gasteiger partial charge on any atom is -0.370 e. The Morgan fingerprint density at radius 2 is 1.71 bits per heavy atom. The van der Waals surface area contributed by atoms with Crippen molar-refractivity contribution in [3.63, 3.8) is 0 Å². The number of hydrogen-bond donors (Lipinski definition) is 1. The van der Waals surface area contributed by atoms with E-state index in [1.54, 1.807) is 20.8 Å². The molecule has 0 heterocycles. The van der Waals surface area contributed by atoms with Gasteiger partial charge in [0.15, 0.2) is 15.8 Å². The molecule has 0 aliphatic rings. The van der Waals surface area contributed by atoms with E-state index in [-0.39, 0.29) is 12.3 Å². The smallest absolute Gasteiger partial charge is 0.191 e. The first-order valence-corrected chi connectivity index (χ1v) is 7.58. The highest BCUT2D eigenvalue weighted by molar-refractivity contribution is 7.92. The van der Waals surface area contributed by atoms with Gasteiger partial charge in [0, 0.05) is 13.1 Å². The zero-order valence-electron chi connectivity index (χ0n) is 11.5. The Morgan fingerprint density at radius 3 is 2.06 bits per heavy atom. The fourth-order valence-electron chi connectivity index (χ4n) is 1.23. The lowest BCUT2D eigenvalue weighted by molar-refractivity contribution is 0.458. The Labute approximate surface area is 105 Å². The second-order valence-corrected chi connectivity index (χ2v) is 7.71. The highest BCUT2D eigenvalue weighted by Gasteiger charge is 2.28. The van der Waals surface area contributed by atoms with Crippen molar-refractivity contribution >= 4 is 15.8 Å². The second kappa shape index (κ2) is 6.23. The van der Waals surface area contributed by atoms with E-state index < -0.39 is 14.6 Å². The maximum Gasteiger partial charge on any atom is 0.191 e. The standard InChI is InChI=1S/C11H25N3O2S/c1-6-14(7-2)10(12)13-8-9-17(15,16)11(3,4)5/h6-9H2,1-5H3,(H2,12,13). The van der Waals surface area contributed by atoms with Crippen LogP contribution in [0.25, 0.3) is 0 Å². The summed E-state index contributed by atoms with van der Waals surface area (Å²) in [4.78, 5) is 6.00. The van der Waals surface area contributed by atoms with E-state index in [1.807, 2.05) is 18.7 Å². The van der Waals surface area contributed by atoms with Crippen molar-refractivity contribution in [3.05, 3.63) is 0 Å². The molecule has 0 bridgehead atoms. The molecule has 0 unspecified atom stereocenters. The number of nitrogens with zero attached hydrogens (tertiary/aromatic N) is 2. The van der Waals surface area contributed by atoms with Crippen molar-refractivity contribution in [2.45, 2.75) is 39.4 Å². The first kappa shape index (κ1) is 16.2. The molecule has 0 saturated heterocycles. The van der Waals surface area contributed by atoms with Gasteiger partial charge in [-0.05, 0) is 34.6 Å². The molecule has 0 atom stereocenters. The zero-order chi connectivity index (χ0) is 13.7. The molecule has 0 aromatic carbocycles. The van der Waals surface area contributed by atoms with Gasteiger partial charge < -0.3 is 10.6 Å². The highest BCUT2D eigenvalue weighted by Crippen LogP contribution is 2.15. The fourth-order valence-corrected chi connectivity index (χ4v) is 2.18. The van der Waals surface area contributed by atoms with Crippen molar-refractivity contribution in [2.24, 2.45) is 10.7 Å². The predicted molar refractivity (Wildman–Crippen MR) is 73.0 cm³/mol. The van der Waals surface area contributed by atoms with Crippen LogP contribution in [0.5, 0.6) is 0 Å². The molecule has 0 spiro atoms. The number of sulfone groups is 1. The van der Waals surface area contributed by atoms with Gasteiger partial charge in [-0.1, -0.05) is 0 Å². The first-order valence-electron chi connectivity index (χ1n) is 5.92. The highest BCUT2D eigenvalue weighted by atomic mass is 32.2. The Bertz CT molecular complexity index is 351. The lowest BCUT2D eigenvalue weighted by Gasteiger charge is -2.20. The lowest BCUT2D eigenvalue weighted by atomic mass is 10.3. The summed E-state index contributed by atoms with van der Waals surface area (Å²) in [5.74, 6) is 0.456. The Hall–Kier alpha value is -0.780. The number of rotatable bonds is 5. The molecule has 0 saturated carbocycles. The van der Waals surface area contributed by atoms with Crippen LogP contribution in [-0.2, 0) is 9.84 Å². The molecular formula is C11H25N3O2S. The van der Waals surface area contributed by atoms with E-state index >= 15 is 0 Å². The van der Waals surface area contributed by atoms with Gasteiger partial charge in [-0.3, -0.25) is 4.99 Å². The summed E-state index contributed by atoms with van der Waals surface area (Å²) in [6.45, 7) is 10.8. The molecule has 5 nitrogen and oxygen atoms in total. The van der Waals surface area contributed by atoms with Gasteiger partial charge in [0.1, 0.15) is 0 Å². The van der Waals surface area contributed by atoms with Crippen LogP contribution in [0.3, 0.4) is 0 Å². The largest absolute Gasteiger partial charge is 0.370 e. The normalized spacial score (nSPS) is 13.8. The van der Waals surface area contributed by atoms with E-state index in [0.29, 0.717) is 5.96 Å². The Morgan fingerprint density at radius 1 is 1.24 bits per heavy atom. The van der Waals surface area contributed by atoms with Crippen LogP contribution in [-0.4, -0.2) is 49.4 Å². The first-order chi connectivity index (χ1) is 7.65. The van der Waals surface area contributed by atoms with Crippen LogP contribution in [0.4, 0.5) is 0 Å². The van der Waals surface area contributed by atoms with E-state index in [0.717, 1.165) is 13.1 Å². The van der Waals surface area contributed by atoms with Crippen LogP contribution in [0.1, 0.15) is 34.6 Å². The lowest BCUT2D eigenvalue weighted by Crippen LogP contribution is -2.38. The summed E-state index contributed by atoms with van der Waals surface area (Å²) in [6.07, 6.45) is 0.